The van der Waals surface area contributed by atoms with Crippen molar-refractivity contribution >= 4 is 5.69 Å². The molecule has 88 valence electrons. The first-order chi connectivity index (χ1) is 7.56. The fourth-order valence-electron chi connectivity index (χ4n) is 2.13. The topological polar surface area (TPSA) is 15.3 Å². The third-order valence-electron chi connectivity index (χ3n) is 3.44. The molecule has 0 spiro atoms. The van der Waals surface area contributed by atoms with Crippen molar-refractivity contribution < 1.29 is 4.39 Å². The van der Waals surface area contributed by atoms with E-state index in [9.17, 15) is 4.39 Å². The van der Waals surface area contributed by atoms with Crippen LogP contribution < -0.4 is 10.2 Å². The number of likely N-dealkylation sites (N-methyl/N-ethyl adjacent to an activating group) is 1. The van der Waals surface area contributed by atoms with Gasteiger partial charge in [-0.2, -0.15) is 0 Å². The van der Waals surface area contributed by atoms with Crippen LogP contribution in [0.25, 0.3) is 0 Å². The SMILES string of the molecule is CNC1(Cc2ccc(F)cc2N(C)C)CC1. The molecular weight excluding hydrogens is 203 g/mol. The molecule has 0 bridgehead atoms. The average Bonchev–Trinajstić information content (AvgIpc) is 3.01. The second kappa shape index (κ2) is 4.06. The molecule has 2 rings (SSSR count). The minimum atomic E-state index is -0.165. The molecule has 0 radical (unpaired) electrons. The monoisotopic (exact) mass is 222 g/mol. The summed E-state index contributed by atoms with van der Waals surface area (Å²) < 4.78 is 13.2. The Kier molecular flexibility index (Phi) is 2.89. The first-order valence-corrected chi connectivity index (χ1v) is 5.71. The van der Waals surface area contributed by atoms with Gasteiger partial charge in [0, 0.05) is 25.3 Å². The Bertz CT molecular complexity index is 384. The summed E-state index contributed by atoms with van der Waals surface area (Å²) in [5.41, 5.74) is 2.47. The standard InChI is InChI=1S/C13H19FN2/c1-15-13(6-7-13)9-10-4-5-11(14)8-12(10)16(2)3/h4-5,8,15H,6-7,9H2,1-3H3. The van der Waals surface area contributed by atoms with E-state index in [1.165, 1.54) is 18.4 Å². The van der Waals surface area contributed by atoms with Gasteiger partial charge in [0.05, 0.1) is 0 Å². The number of nitrogens with one attached hydrogen (secondary N) is 1. The fraction of sp³-hybridized carbons (Fsp3) is 0.538. The molecule has 1 aliphatic carbocycles. The van der Waals surface area contributed by atoms with Crippen molar-refractivity contribution in [3.8, 4) is 0 Å². The van der Waals surface area contributed by atoms with Crippen LogP contribution in [0.3, 0.4) is 0 Å². The molecule has 0 unspecified atom stereocenters. The number of hydrogen-bond donors (Lipinski definition) is 1. The molecule has 1 N–H and O–H groups in total. The molecule has 3 heteroatoms. The van der Waals surface area contributed by atoms with Gasteiger partial charge in [-0.25, -0.2) is 4.39 Å². The molecule has 0 amide bonds. The van der Waals surface area contributed by atoms with Crippen LogP contribution >= 0.6 is 0 Å². The molecule has 1 saturated carbocycles. The van der Waals surface area contributed by atoms with Gasteiger partial charge in [0.15, 0.2) is 0 Å². The minimum Gasteiger partial charge on any atom is -0.377 e. The predicted molar refractivity (Wildman–Crippen MR) is 65.5 cm³/mol. The highest BCUT2D eigenvalue weighted by Gasteiger charge is 2.41. The van der Waals surface area contributed by atoms with Crippen LogP contribution in [-0.2, 0) is 6.42 Å². The van der Waals surface area contributed by atoms with Crippen LogP contribution in [0, 0.1) is 5.82 Å². The molecule has 0 heterocycles. The Morgan fingerprint density at radius 3 is 2.56 bits per heavy atom. The Morgan fingerprint density at radius 1 is 1.38 bits per heavy atom. The first kappa shape index (κ1) is 11.4. The summed E-state index contributed by atoms with van der Waals surface area (Å²) in [6.45, 7) is 0. The van der Waals surface area contributed by atoms with E-state index in [0.717, 1.165) is 12.1 Å². The quantitative estimate of drug-likeness (QED) is 0.840. The van der Waals surface area contributed by atoms with E-state index in [4.69, 9.17) is 0 Å². The molecule has 2 nitrogen and oxygen atoms in total. The van der Waals surface area contributed by atoms with Crippen molar-refractivity contribution in [1.82, 2.24) is 5.32 Å². The van der Waals surface area contributed by atoms with Gasteiger partial charge in [-0.05, 0) is 44.0 Å². The van der Waals surface area contributed by atoms with E-state index in [2.05, 4.69) is 5.32 Å². The number of rotatable bonds is 4. The zero-order valence-electron chi connectivity index (χ0n) is 10.2. The van der Waals surface area contributed by atoms with Crippen LogP contribution in [0.2, 0.25) is 0 Å². The van der Waals surface area contributed by atoms with Gasteiger partial charge in [0.1, 0.15) is 5.82 Å². The highest BCUT2D eigenvalue weighted by Crippen LogP contribution is 2.39. The molecule has 1 fully saturated rings. The van der Waals surface area contributed by atoms with Crippen molar-refractivity contribution in [3.05, 3.63) is 29.6 Å². The minimum absolute atomic E-state index is 0.165. The highest BCUT2D eigenvalue weighted by atomic mass is 19.1. The molecule has 0 aromatic heterocycles. The number of hydrogen-bond acceptors (Lipinski definition) is 2. The van der Waals surface area contributed by atoms with Crippen LogP contribution in [0.15, 0.2) is 18.2 Å². The first-order valence-electron chi connectivity index (χ1n) is 5.71. The van der Waals surface area contributed by atoms with Crippen LogP contribution in [0.5, 0.6) is 0 Å². The van der Waals surface area contributed by atoms with Crippen molar-refractivity contribution in [1.29, 1.82) is 0 Å². The number of benzene rings is 1. The maximum absolute atomic E-state index is 13.2. The lowest BCUT2D eigenvalue weighted by molar-refractivity contribution is 0.547. The van der Waals surface area contributed by atoms with Crippen LogP contribution in [-0.4, -0.2) is 26.7 Å². The van der Waals surface area contributed by atoms with E-state index in [1.54, 1.807) is 12.1 Å². The van der Waals surface area contributed by atoms with Gasteiger partial charge in [-0.1, -0.05) is 6.07 Å². The maximum atomic E-state index is 13.2. The Hall–Kier alpha value is -1.09. The number of nitrogens with zero attached hydrogens (tertiary/aromatic N) is 1. The molecule has 1 aromatic rings. The van der Waals surface area contributed by atoms with E-state index in [0.29, 0.717) is 0 Å². The number of anilines is 1. The van der Waals surface area contributed by atoms with Crippen LogP contribution in [0.4, 0.5) is 10.1 Å². The second-order valence-corrected chi connectivity index (χ2v) is 4.87. The van der Waals surface area contributed by atoms with Crippen molar-refractivity contribution in [3.63, 3.8) is 0 Å². The van der Waals surface area contributed by atoms with Crippen molar-refractivity contribution in [2.24, 2.45) is 0 Å². The molecule has 0 aliphatic heterocycles. The number of halogens is 1. The lowest BCUT2D eigenvalue weighted by Gasteiger charge is -2.21. The van der Waals surface area contributed by atoms with Gasteiger partial charge in [0.25, 0.3) is 0 Å². The second-order valence-electron chi connectivity index (χ2n) is 4.87. The summed E-state index contributed by atoms with van der Waals surface area (Å²) in [6, 6.07) is 5.07. The lowest BCUT2D eigenvalue weighted by Crippen LogP contribution is -2.30. The lowest BCUT2D eigenvalue weighted by atomic mass is 10.0. The van der Waals surface area contributed by atoms with Gasteiger partial charge in [-0.15, -0.1) is 0 Å². The fourth-order valence-corrected chi connectivity index (χ4v) is 2.13. The van der Waals surface area contributed by atoms with Gasteiger partial charge < -0.3 is 10.2 Å². The molecule has 0 atom stereocenters. The largest absolute Gasteiger partial charge is 0.377 e. The van der Waals surface area contributed by atoms with Gasteiger partial charge in [0.2, 0.25) is 0 Å². The molecular formula is C13H19FN2. The molecule has 0 saturated heterocycles. The van der Waals surface area contributed by atoms with Crippen LogP contribution in [0.1, 0.15) is 18.4 Å². The summed E-state index contributed by atoms with van der Waals surface area (Å²) in [4.78, 5) is 1.98. The third kappa shape index (κ3) is 2.19. The molecule has 16 heavy (non-hydrogen) atoms. The summed E-state index contributed by atoms with van der Waals surface area (Å²) in [6.07, 6.45) is 3.42. The van der Waals surface area contributed by atoms with E-state index < -0.39 is 0 Å². The molecule has 1 aliphatic rings. The molecule has 1 aromatic carbocycles. The maximum Gasteiger partial charge on any atom is 0.125 e. The van der Waals surface area contributed by atoms with E-state index in [-0.39, 0.29) is 11.4 Å². The summed E-state index contributed by atoms with van der Waals surface area (Å²) in [7, 11) is 5.92. The zero-order valence-corrected chi connectivity index (χ0v) is 10.2. The van der Waals surface area contributed by atoms with E-state index >= 15 is 0 Å². The van der Waals surface area contributed by atoms with Gasteiger partial charge in [-0.3, -0.25) is 0 Å². The highest BCUT2D eigenvalue weighted by molar-refractivity contribution is 5.53. The third-order valence-corrected chi connectivity index (χ3v) is 3.44. The smallest absolute Gasteiger partial charge is 0.125 e. The summed E-state index contributed by atoms with van der Waals surface area (Å²) in [5.74, 6) is -0.165. The van der Waals surface area contributed by atoms with Crippen molar-refractivity contribution in [2.45, 2.75) is 24.8 Å². The predicted octanol–water partition coefficient (Wildman–Crippen LogP) is 2.19. The van der Waals surface area contributed by atoms with Gasteiger partial charge >= 0.3 is 0 Å². The Balaban J connectivity index is 2.26. The zero-order chi connectivity index (χ0) is 11.8. The Morgan fingerprint density at radius 2 is 2.06 bits per heavy atom. The Labute approximate surface area is 96.5 Å². The summed E-state index contributed by atoms with van der Waals surface area (Å²) in [5, 5.41) is 3.37. The van der Waals surface area contributed by atoms with E-state index in [1.807, 2.05) is 32.1 Å². The van der Waals surface area contributed by atoms with Crippen molar-refractivity contribution in [2.75, 3.05) is 26.0 Å². The average molecular weight is 222 g/mol. The summed E-state index contributed by atoms with van der Waals surface area (Å²) >= 11 is 0. The normalized spacial score (nSPS) is 17.2.